The number of aliphatic imine (C=N–C) groups is 1. The van der Waals surface area contributed by atoms with Crippen molar-refractivity contribution in [1.82, 2.24) is 19.9 Å². The molecule has 0 atom stereocenters. The van der Waals surface area contributed by atoms with Gasteiger partial charge in [0.2, 0.25) is 5.13 Å². The van der Waals surface area contributed by atoms with Crippen LogP contribution in [-0.4, -0.2) is 38.0 Å². The zero-order valence-corrected chi connectivity index (χ0v) is 14.2. The third-order valence-corrected chi connectivity index (χ3v) is 5.16. The summed E-state index contributed by atoms with van der Waals surface area (Å²) in [4.78, 5) is 31.8. The van der Waals surface area contributed by atoms with Crippen LogP contribution in [-0.2, 0) is 4.79 Å². The Labute approximate surface area is 146 Å². The number of thiazole rings is 1. The summed E-state index contributed by atoms with van der Waals surface area (Å²) in [6.45, 7) is 0. The molecule has 1 saturated heterocycles. The maximum absolute atomic E-state index is 12.5. The summed E-state index contributed by atoms with van der Waals surface area (Å²) >= 11 is 2.77. The Morgan fingerprint density at radius 1 is 1.17 bits per heavy atom. The van der Waals surface area contributed by atoms with Crippen molar-refractivity contribution >= 4 is 56.4 Å². The number of fused-ring (bicyclic) bond motifs is 1. The summed E-state index contributed by atoms with van der Waals surface area (Å²) in [6.07, 6.45) is 6.83. The highest BCUT2D eigenvalue weighted by Gasteiger charge is 2.30. The average molecular weight is 353 g/mol. The number of likely N-dealkylation sites (N-methyl/N-ethyl adjacent to an activating group) is 1. The van der Waals surface area contributed by atoms with E-state index >= 15 is 0 Å². The van der Waals surface area contributed by atoms with Crippen molar-refractivity contribution in [2.24, 2.45) is 4.99 Å². The minimum absolute atomic E-state index is 0.0869. The van der Waals surface area contributed by atoms with Crippen LogP contribution < -0.4 is 0 Å². The van der Waals surface area contributed by atoms with Crippen LogP contribution >= 0.6 is 23.1 Å². The molecule has 1 aliphatic heterocycles. The Kier molecular flexibility index (Phi) is 3.83. The number of nitrogens with zero attached hydrogens (tertiary/aromatic N) is 5. The molecule has 0 N–H and O–H groups in total. The number of amidine groups is 1. The van der Waals surface area contributed by atoms with Gasteiger partial charge in [0.15, 0.2) is 5.17 Å². The second kappa shape index (κ2) is 6.14. The fourth-order valence-corrected chi connectivity index (χ4v) is 3.80. The Hall–Kier alpha value is -2.58. The van der Waals surface area contributed by atoms with E-state index in [1.807, 2.05) is 29.7 Å². The van der Waals surface area contributed by atoms with Crippen molar-refractivity contribution in [3.63, 3.8) is 0 Å². The number of carbonyl (C=O) groups is 1. The maximum Gasteiger partial charge on any atom is 0.266 e. The van der Waals surface area contributed by atoms with Gasteiger partial charge in [-0.25, -0.2) is 4.98 Å². The highest BCUT2D eigenvalue weighted by molar-refractivity contribution is 8.18. The van der Waals surface area contributed by atoms with Gasteiger partial charge in [-0.05, 0) is 23.9 Å². The molecule has 0 radical (unpaired) electrons. The lowest BCUT2D eigenvalue weighted by molar-refractivity contribution is -0.121. The zero-order chi connectivity index (χ0) is 16.5. The van der Waals surface area contributed by atoms with Crippen molar-refractivity contribution in [3.05, 3.63) is 52.6 Å². The molecule has 1 aromatic carbocycles. The second-order valence-corrected chi connectivity index (χ2v) is 6.84. The Bertz CT molecular complexity index is 976. The lowest BCUT2D eigenvalue weighted by Crippen LogP contribution is -2.23. The van der Waals surface area contributed by atoms with Gasteiger partial charge in [-0.2, -0.15) is 4.99 Å². The monoisotopic (exact) mass is 353 g/mol. The maximum atomic E-state index is 12.5. The smallest absolute Gasteiger partial charge is 0.266 e. The van der Waals surface area contributed by atoms with Crippen LogP contribution in [0, 0.1) is 0 Å². The molecule has 1 fully saturated rings. The number of amides is 1. The molecule has 1 aliphatic rings. The third kappa shape index (κ3) is 2.70. The van der Waals surface area contributed by atoms with Crippen LogP contribution in [0.1, 0.15) is 5.56 Å². The van der Waals surface area contributed by atoms with Crippen LogP contribution in [0.5, 0.6) is 0 Å². The van der Waals surface area contributed by atoms with E-state index in [0.29, 0.717) is 15.2 Å². The molecule has 0 aliphatic carbocycles. The predicted molar refractivity (Wildman–Crippen MR) is 97.1 cm³/mol. The highest BCUT2D eigenvalue weighted by atomic mass is 32.2. The van der Waals surface area contributed by atoms with Crippen molar-refractivity contribution in [1.29, 1.82) is 0 Å². The lowest BCUT2D eigenvalue weighted by Gasteiger charge is -2.05. The molecule has 3 heterocycles. The summed E-state index contributed by atoms with van der Waals surface area (Å²) in [6, 6.07) is 5.73. The molecular formula is C16H11N5OS2. The van der Waals surface area contributed by atoms with Gasteiger partial charge in [0, 0.05) is 36.6 Å². The van der Waals surface area contributed by atoms with Crippen molar-refractivity contribution in [2.75, 3.05) is 7.05 Å². The average Bonchev–Trinajstić information content (AvgIpc) is 3.20. The number of hydrogen-bond donors (Lipinski definition) is 0. The standard InChI is InChI=1S/C16H11N5OS2/c1-21-14(22)12(24-16(21)20-15-19-7-8-23-15)9-10-3-2-4-11-13(10)18-6-5-17-11/h2-9H,1H3. The number of benzene rings is 1. The topological polar surface area (TPSA) is 71.3 Å². The number of thioether (sulfide) groups is 1. The lowest BCUT2D eigenvalue weighted by atomic mass is 10.1. The first kappa shape index (κ1) is 15.0. The van der Waals surface area contributed by atoms with Gasteiger partial charge in [-0.15, -0.1) is 11.3 Å². The van der Waals surface area contributed by atoms with E-state index < -0.39 is 0 Å². The van der Waals surface area contributed by atoms with E-state index in [1.165, 1.54) is 28.0 Å². The van der Waals surface area contributed by atoms with Crippen LogP contribution in [0.3, 0.4) is 0 Å². The molecule has 3 aromatic rings. The van der Waals surface area contributed by atoms with Crippen molar-refractivity contribution < 1.29 is 4.79 Å². The van der Waals surface area contributed by atoms with E-state index in [9.17, 15) is 4.79 Å². The van der Waals surface area contributed by atoms with E-state index in [2.05, 4.69) is 19.9 Å². The summed E-state index contributed by atoms with van der Waals surface area (Å²) in [5, 5.41) is 3.11. The summed E-state index contributed by atoms with van der Waals surface area (Å²) < 4.78 is 0. The number of rotatable bonds is 2. The van der Waals surface area contributed by atoms with E-state index in [0.717, 1.165) is 16.6 Å². The van der Waals surface area contributed by atoms with Crippen molar-refractivity contribution in [2.45, 2.75) is 0 Å². The van der Waals surface area contributed by atoms with Gasteiger partial charge in [0.1, 0.15) is 0 Å². The van der Waals surface area contributed by atoms with Gasteiger partial charge >= 0.3 is 0 Å². The zero-order valence-electron chi connectivity index (χ0n) is 12.6. The van der Waals surface area contributed by atoms with Crippen LogP contribution in [0.4, 0.5) is 5.13 Å². The number of aromatic nitrogens is 3. The van der Waals surface area contributed by atoms with Gasteiger partial charge < -0.3 is 0 Å². The van der Waals surface area contributed by atoms with E-state index in [1.54, 1.807) is 25.6 Å². The van der Waals surface area contributed by atoms with Gasteiger partial charge in [-0.1, -0.05) is 12.1 Å². The SMILES string of the molecule is CN1C(=O)C(=Cc2cccc3nccnc23)SC1=Nc1nccs1. The highest BCUT2D eigenvalue weighted by Crippen LogP contribution is 2.34. The molecule has 0 bridgehead atoms. The molecule has 118 valence electrons. The Morgan fingerprint density at radius 2 is 2.04 bits per heavy atom. The van der Waals surface area contributed by atoms with E-state index in [4.69, 9.17) is 0 Å². The number of hydrogen-bond acceptors (Lipinski definition) is 7. The molecule has 0 unspecified atom stereocenters. The quantitative estimate of drug-likeness (QED) is 0.661. The fraction of sp³-hybridized carbons (Fsp3) is 0.0625. The third-order valence-electron chi connectivity index (χ3n) is 3.43. The minimum atomic E-state index is -0.0869. The molecule has 0 spiro atoms. The van der Waals surface area contributed by atoms with Crippen LogP contribution in [0.15, 0.2) is 52.1 Å². The Balaban J connectivity index is 1.74. The molecule has 24 heavy (non-hydrogen) atoms. The molecule has 6 nitrogen and oxygen atoms in total. The van der Waals surface area contributed by atoms with Crippen molar-refractivity contribution in [3.8, 4) is 0 Å². The molecule has 0 saturated carbocycles. The Morgan fingerprint density at radius 3 is 2.88 bits per heavy atom. The van der Waals surface area contributed by atoms with Gasteiger partial charge in [0.05, 0.1) is 15.9 Å². The predicted octanol–water partition coefficient (Wildman–Crippen LogP) is 3.32. The molecule has 4 rings (SSSR count). The van der Waals surface area contributed by atoms with E-state index in [-0.39, 0.29) is 5.91 Å². The molecular weight excluding hydrogens is 342 g/mol. The first-order valence-corrected chi connectivity index (χ1v) is 8.77. The molecule has 2 aromatic heterocycles. The van der Waals surface area contributed by atoms with Crippen LogP contribution in [0.25, 0.3) is 17.1 Å². The summed E-state index contributed by atoms with van der Waals surface area (Å²) in [7, 11) is 1.71. The number of para-hydroxylation sites is 1. The largest absolute Gasteiger partial charge is 0.289 e. The first-order chi connectivity index (χ1) is 11.7. The number of carbonyl (C=O) groups excluding carboxylic acids is 1. The second-order valence-electron chi connectivity index (χ2n) is 4.96. The minimum Gasteiger partial charge on any atom is -0.289 e. The van der Waals surface area contributed by atoms with Crippen LogP contribution in [0.2, 0.25) is 0 Å². The molecule has 8 heteroatoms. The fourth-order valence-electron chi connectivity index (χ4n) is 2.28. The normalized spacial score (nSPS) is 18.2. The first-order valence-electron chi connectivity index (χ1n) is 7.08. The van der Waals surface area contributed by atoms with Gasteiger partial charge in [-0.3, -0.25) is 19.7 Å². The summed E-state index contributed by atoms with van der Waals surface area (Å²) in [5.74, 6) is -0.0869. The summed E-state index contributed by atoms with van der Waals surface area (Å²) in [5.41, 5.74) is 2.43. The molecule has 1 amide bonds. The van der Waals surface area contributed by atoms with Gasteiger partial charge in [0.25, 0.3) is 5.91 Å².